The fraction of sp³-hybridized carbons (Fsp3) is 0.500. The molecule has 0 atom stereocenters. The number of benzene rings is 1. The second-order valence-corrected chi connectivity index (χ2v) is 4.87. The maximum atomic E-state index is 11.1. The molecule has 0 radical (unpaired) electrons. The second kappa shape index (κ2) is 9.00. The molecule has 3 nitrogen and oxygen atoms in total. The van der Waals surface area contributed by atoms with Gasteiger partial charge in [0.05, 0.1) is 0 Å². The first-order valence-electron chi connectivity index (χ1n) is 6.25. The van der Waals surface area contributed by atoms with Crippen LogP contribution in [-0.2, 0) is 16.1 Å². The van der Waals surface area contributed by atoms with Crippen LogP contribution in [0.4, 0.5) is 0 Å². The van der Waals surface area contributed by atoms with Crippen LogP contribution in [0, 0.1) is 0 Å². The zero-order valence-corrected chi connectivity index (χ0v) is 11.9. The lowest BCUT2D eigenvalue weighted by molar-refractivity contribution is -0.143. The first-order chi connectivity index (χ1) is 8.76. The van der Waals surface area contributed by atoms with Gasteiger partial charge in [-0.25, -0.2) is 0 Å². The van der Waals surface area contributed by atoms with Gasteiger partial charge in [-0.05, 0) is 30.4 Å². The summed E-state index contributed by atoms with van der Waals surface area (Å²) < 4.78 is 5.05. The molecular formula is C14H21NO2S. The van der Waals surface area contributed by atoms with E-state index < -0.39 is 0 Å². The fourth-order valence-electron chi connectivity index (χ4n) is 1.49. The highest BCUT2D eigenvalue weighted by Gasteiger charge is 1.99. The van der Waals surface area contributed by atoms with Gasteiger partial charge in [0.25, 0.3) is 0 Å². The third-order valence-corrected chi connectivity index (χ3v) is 3.23. The van der Waals surface area contributed by atoms with E-state index >= 15 is 0 Å². The van der Waals surface area contributed by atoms with Gasteiger partial charge < -0.3 is 10.1 Å². The summed E-state index contributed by atoms with van der Waals surface area (Å²) in [5.41, 5.74) is 1.24. The summed E-state index contributed by atoms with van der Waals surface area (Å²) in [6.07, 6.45) is 3.42. The highest BCUT2D eigenvalue weighted by molar-refractivity contribution is 7.98. The minimum absolute atomic E-state index is 0.108. The third kappa shape index (κ3) is 6.07. The summed E-state index contributed by atoms with van der Waals surface area (Å²) in [6, 6.07) is 8.45. The number of ether oxygens (including phenoxy) is 1. The van der Waals surface area contributed by atoms with Crippen molar-refractivity contribution in [1.82, 2.24) is 5.32 Å². The van der Waals surface area contributed by atoms with Gasteiger partial charge >= 0.3 is 5.97 Å². The Balaban J connectivity index is 2.12. The maximum absolute atomic E-state index is 11.1. The molecule has 4 heteroatoms. The molecular weight excluding hydrogens is 246 g/mol. The third-order valence-electron chi connectivity index (χ3n) is 2.48. The summed E-state index contributed by atoms with van der Waals surface area (Å²) in [5.74, 6) is -0.108. The molecule has 0 aliphatic heterocycles. The highest BCUT2D eigenvalue weighted by Crippen LogP contribution is 2.14. The predicted molar refractivity (Wildman–Crippen MR) is 75.8 cm³/mol. The number of thioether (sulfide) groups is 1. The van der Waals surface area contributed by atoms with Crippen LogP contribution >= 0.6 is 11.8 Å². The van der Waals surface area contributed by atoms with Crippen LogP contribution in [0.15, 0.2) is 29.2 Å². The fourth-order valence-corrected chi connectivity index (χ4v) is 1.90. The summed E-state index contributed by atoms with van der Waals surface area (Å²) >= 11 is 1.74. The van der Waals surface area contributed by atoms with Gasteiger partial charge in [0.2, 0.25) is 0 Å². The SMILES string of the molecule is CCCC(=O)OCCNCc1ccc(SC)cc1. The molecule has 0 bridgehead atoms. The van der Waals surface area contributed by atoms with E-state index in [2.05, 4.69) is 35.8 Å². The molecule has 1 aromatic rings. The van der Waals surface area contributed by atoms with Crippen LogP contribution in [0.1, 0.15) is 25.3 Å². The molecule has 100 valence electrons. The van der Waals surface area contributed by atoms with Gasteiger partial charge in [-0.15, -0.1) is 11.8 Å². The molecule has 0 spiro atoms. The minimum atomic E-state index is -0.108. The zero-order valence-electron chi connectivity index (χ0n) is 11.1. The number of hydrogen-bond donors (Lipinski definition) is 1. The van der Waals surface area contributed by atoms with E-state index in [1.54, 1.807) is 11.8 Å². The number of hydrogen-bond acceptors (Lipinski definition) is 4. The van der Waals surface area contributed by atoms with E-state index in [4.69, 9.17) is 4.74 Å². The van der Waals surface area contributed by atoms with Crippen molar-refractivity contribution in [2.75, 3.05) is 19.4 Å². The van der Waals surface area contributed by atoms with Gasteiger partial charge in [-0.1, -0.05) is 19.1 Å². The van der Waals surface area contributed by atoms with E-state index in [1.165, 1.54) is 10.5 Å². The van der Waals surface area contributed by atoms with E-state index in [-0.39, 0.29) is 5.97 Å². The monoisotopic (exact) mass is 267 g/mol. The highest BCUT2D eigenvalue weighted by atomic mass is 32.2. The molecule has 0 fully saturated rings. The van der Waals surface area contributed by atoms with Crippen LogP contribution < -0.4 is 5.32 Å². The molecule has 18 heavy (non-hydrogen) atoms. The van der Waals surface area contributed by atoms with E-state index in [1.807, 2.05) is 6.92 Å². The van der Waals surface area contributed by atoms with Crippen molar-refractivity contribution in [1.29, 1.82) is 0 Å². The van der Waals surface area contributed by atoms with Crippen LogP contribution in [-0.4, -0.2) is 25.4 Å². The molecule has 0 saturated carbocycles. The van der Waals surface area contributed by atoms with E-state index in [9.17, 15) is 4.79 Å². The van der Waals surface area contributed by atoms with Gasteiger partial charge in [0.1, 0.15) is 6.61 Å². The lowest BCUT2D eigenvalue weighted by atomic mass is 10.2. The van der Waals surface area contributed by atoms with Gasteiger partial charge in [-0.2, -0.15) is 0 Å². The number of esters is 1. The van der Waals surface area contributed by atoms with Crippen molar-refractivity contribution < 1.29 is 9.53 Å². The Hall–Kier alpha value is -1.00. The predicted octanol–water partition coefficient (Wildman–Crippen LogP) is 2.84. The Bertz CT molecular complexity index is 351. The van der Waals surface area contributed by atoms with Crippen LogP contribution in [0.25, 0.3) is 0 Å². The Labute approximate surface area is 113 Å². The lowest BCUT2D eigenvalue weighted by Gasteiger charge is -2.06. The number of carbonyl (C=O) groups excluding carboxylic acids is 1. The molecule has 1 N–H and O–H groups in total. The van der Waals surface area contributed by atoms with Gasteiger partial charge in [-0.3, -0.25) is 4.79 Å². The van der Waals surface area contributed by atoms with Crippen molar-refractivity contribution in [3.05, 3.63) is 29.8 Å². The number of rotatable bonds is 8. The average molecular weight is 267 g/mol. The maximum Gasteiger partial charge on any atom is 0.305 e. The molecule has 1 rings (SSSR count). The molecule has 0 unspecified atom stereocenters. The lowest BCUT2D eigenvalue weighted by Crippen LogP contribution is -2.20. The normalized spacial score (nSPS) is 10.3. The minimum Gasteiger partial charge on any atom is -0.464 e. The standard InChI is InChI=1S/C14H21NO2S/c1-3-4-14(16)17-10-9-15-11-12-5-7-13(18-2)8-6-12/h5-8,15H,3-4,9-11H2,1-2H3. The molecule has 0 saturated heterocycles. The Morgan fingerprint density at radius 2 is 2.06 bits per heavy atom. The average Bonchev–Trinajstić information content (AvgIpc) is 2.39. The smallest absolute Gasteiger partial charge is 0.305 e. The topological polar surface area (TPSA) is 38.3 Å². The molecule has 0 aliphatic carbocycles. The number of nitrogens with one attached hydrogen (secondary N) is 1. The van der Waals surface area contributed by atoms with Crippen molar-refractivity contribution in [2.24, 2.45) is 0 Å². The summed E-state index contributed by atoms with van der Waals surface area (Å²) in [6.45, 7) is 3.92. The van der Waals surface area contributed by atoms with Gasteiger partial charge in [0.15, 0.2) is 0 Å². The first-order valence-corrected chi connectivity index (χ1v) is 7.48. The Morgan fingerprint density at radius 1 is 1.33 bits per heavy atom. The Morgan fingerprint density at radius 3 is 2.67 bits per heavy atom. The van der Waals surface area contributed by atoms with Crippen LogP contribution in [0.5, 0.6) is 0 Å². The summed E-state index contributed by atoms with van der Waals surface area (Å²) in [5, 5.41) is 3.25. The molecule has 0 amide bonds. The van der Waals surface area contributed by atoms with Crippen LogP contribution in [0.3, 0.4) is 0 Å². The first kappa shape index (κ1) is 15.1. The molecule has 1 aromatic carbocycles. The van der Waals surface area contributed by atoms with Crippen molar-refractivity contribution in [3.8, 4) is 0 Å². The summed E-state index contributed by atoms with van der Waals surface area (Å²) in [7, 11) is 0. The van der Waals surface area contributed by atoms with E-state index in [0.717, 1.165) is 13.0 Å². The largest absolute Gasteiger partial charge is 0.464 e. The molecule has 0 aromatic heterocycles. The second-order valence-electron chi connectivity index (χ2n) is 4.00. The molecule has 0 heterocycles. The number of carbonyl (C=O) groups is 1. The van der Waals surface area contributed by atoms with Crippen LogP contribution in [0.2, 0.25) is 0 Å². The van der Waals surface area contributed by atoms with Crippen molar-refractivity contribution in [2.45, 2.75) is 31.2 Å². The summed E-state index contributed by atoms with van der Waals surface area (Å²) in [4.78, 5) is 12.4. The zero-order chi connectivity index (χ0) is 13.2. The van der Waals surface area contributed by atoms with Gasteiger partial charge in [0, 0.05) is 24.4 Å². The quantitative estimate of drug-likeness (QED) is 0.446. The van der Waals surface area contributed by atoms with E-state index in [0.29, 0.717) is 19.6 Å². The van der Waals surface area contributed by atoms with Crippen molar-refractivity contribution >= 4 is 17.7 Å². The van der Waals surface area contributed by atoms with Crippen molar-refractivity contribution in [3.63, 3.8) is 0 Å². The Kier molecular flexibility index (Phi) is 7.53. The molecule has 0 aliphatic rings.